The maximum atomic E-state index is 2.40. The smallest absolute Gasteiger partial charge is 0.00500 e. The third kappa shape index (κ3) is 1.69. The fraction of sp³-hybridized carbons (Fsp3) is 0.333. The standard InChI is InChI=1S/C12H14/c1-3-7-11(8-4-1)12-9-5-2-6-10-12/h1-4,7-8H,5-6,9-10H2. The predicted octanol–water partition coefficient (Wildman–Crippen LogP) is 3.39. The molecule has 0 nitrogen and oxygen atoms in total. The van der Waals surface area contributed by atoms with Crippen LogP contribution >= 0.6 is 0 Å². The molecule has 1 aromatic rings. The van der Waals surface area contributed by atoms with E-state index in [1.54, 1.807) is 5.92 Å². The van der Waals surface area contributed by atoms with Gasteiger partial charge in [0, 0.05) is 5.92 Å². The minimum Gasteiger partial charge on any atom is -0.0622 e. The van der Waals surface area contributed by atoms with Gasteiger partial charge in [0.1, 0.15) is 0 Å². The number of hydrogen-bond donors (Lipinski definition) is 0. The molecule has 0 bridgehead atoms. The zero-order valence-electron chi connectivity index (χ0n) is 7.29. The molecular formula is C12H14. The zero-order valence-corrected chi connectivity index (χ0v) is 7.29. The van der Waals surface area contributed by atoms with E-state index in [1.807, 2.05) is 0 Å². The quantitative estimate of drug-likeness (QED) is 0.587. The van der Waals surface area contributed by atoms with Crippen LogP contribution in [0, 0.1) is 12.3 Å². The highest BCUT2D eigenvalue weighted by atomic mass is 14.2. The van der Waals surface area contributed by atoms with Crippen LogP contribution in [-0.4, -0.2) is 0 Å². The summed E-state index contributed by atoms with van der Waals surface area (Å²) in [6.07, 6.45) is 7.47. The summed E-state index contributed by atoms with van der Waals surface area (Å²) in [4.78, 5) is 0. The Labute approximate surface area is 74.6 Å². The van der Waals surface area contributed by atoms with E-state index in [9.17, 15) is 0 Å². The van der Waals surface area contributed by atoms with E-state index >= 15 is 0 Å². The average molecular weight is 158 g/mol. The Morgan fingerprint density at radius 2 is 1.50 bits per heavy atom. The first-order valence-electron chi connectivity index (χ1n) is 4.68. The Balaban J connectivity index is 2.08. The SMILES string of the molecule is [CH]1CC[C](c2ccccc2)CC1. The highest BCUT2D eigenvalue weighted by Gasteiger charge is 2.15. The van der Waals surface area contributed by atoms with Gasteiger partial charge in [0.2, 0.25) is 0 Å². The van der Waals surface area contributed by atoms with Crippen LogP contribution in [0.1, 0.15) is 31.2 Å². The van der Waals surface area contributed by atoms with Crippen molar-refractivity contribution in [1.29, 1.82) is 0 Å². The molecule has 0 aliphatic heterocycles. The summed E-state index contributed by atoms with van der Waals surface area (Å²) in [6.45, 7) is 0. The lowest BCUT2D eigenvalue weighted by molar-refractivity contribution is 0.652. The molecule has 0 saturated heterocycles. The second kappa shape index (κ2) is 3.75. The van der Waals surface area contributed by atoms with Crippen LogP contribution in [0.25, 0.3) is 0 Å². The van der Waals surface area contributed by atoms with E-state index in [0.29, 0.717) is 0 Å². The molecule has 0 amide bonds. The molecule has 0 heteroatoms. The molecule has 2 rings (SSSR count). The van der Waals surface area contributed by atoms with Crippen molar-refractivity contribution in [2.24, 2.45) is 0 Å². The fourth-order valence-corrected chi connectivity index (χ4v) is 1.78. The van der Waals surface area contributed by atoms with Gasteiger partial charge in [0.25, 0.3) is 0 Å². The molecule has 0 spiro atoms. The van der Waals surface area contributed by atoms with E-state index in [4.69, 9.17) is 0 Å². The fourth-order valence-electron chi connectivity index (χ4n) is 1.78. The monoisotopic (exact) mass is 158 g/mol. The second-order valence-electron chi connectivity index (χ2n) is 3.34. The molecule has 62 valence electrons. The van der Waals surface area contributed by atoms with Crippen LogP contribution in [0.15, 0.2) is 30.3 Å². The van der Waals surface area contributed by atoms with Crippen molar-refractivity contribution in [1.82, 2.24) is 0 Å². The van der Waals surface area contributed by atoms with Crippen molar-refractivity contribution in [3.05, 3.63) is 48.2 Å². The molecule has 0 atom stereocenters. The molecule has 1 aromatic carbocycles. The summed E-state index contributed by atoms with van der Waals surface area (Å²) >= 11 is 0. The van der Waals surface area contributed by atoms with Crippen LogP contribution in [0.5, 0.6) is 0 Å². The van der Waals surface area contributed by atoms with Gasteiger partial charge < -0.3 is 0 Å². The van der Waals surface area contributed by atoms with Gasteiger partial charge in [-0.1, -0.05) is 30.3 Å². The minimum absolute atomic E-state index is 1.27. The van der Waals surface area contributed by atoms with Crippen LogP contribution in [-0.2, 0) is 0 Å². The van der Waals surface area contributed by atoms with Gasteiger partial charge in [-0.2, -0.15) is 0 Å². The van der Waals surface area contributed by atoms with Crippen LogP contribution in [0.4, 0.5) is 0 Å². The van der Waals surface area contributed by atoms with Gasteiger partial charge >= 0.3 is 0 Å². The normalized spacial score (nSPS) is 19.3. The van der Waals surface area contributed by atoms with Crippen molar-refractivity contribution in [3.8, 4) is 0 Å². The molecule has 1 aliphatic rings. The summed E-state index contributed by atoms with van der Waals surface area (Å²) < 4.78 is 0. The van der Waals surface area contributed by atoms with Gasteiger partial charge in [-0.05, 0) is 37.7 Å². The lowest BCUT2D eigenvalue weighted by atomic mass is 9.84. The van der Waals surface area contributed by atoms with Crippen molar-refractivity contribution in [3.63, 3.8) is 0 Å². The van der Waals surface area contributed by atoms with Crippen molar-refractivity contribution in [2.75, 3.05) is 0 Å². The summed E-state index contributed by atoms with van der Waals surface area (Å²) in [7, 11) is 0. The Kier molecular flexibility index (Phi) is 2.45. The van der Waals surface area contributed by atoms with Crippen LogP contribution in [0.3, 0.4) is 0 Å². The zero-order chi connectivity index (χ0) is 8.23. The first-order valence-corrected chi connectivity index (χ1v) is 4.68. The van der Waals surface area contributed by atoms with Gasteiger partial charge in [0.15, 0.2) is 0 Å². The van der Waals surface area contributed by atoms with Crippen molar-refractivity contribution >= 4 is 0 Å². The van der Waals surface area contributed by atoms with Gasteiger partial charge in [-0.3, -0.25) is 0 Å². The van der Waals surface area contributed by atoms with Gasteiger partial charge in [-0.15, -0.1) is 0 Å². The average Bonchev–Trinajstić information content (AvgIpc) is 2.21. The lowest BCUT2D eigenvalue weighted by Crippen LogP contribution is -2.05. The summed E-state index contributed by atoms with van der Waals surface area (Å²) in [5.74, 6) is 1.64. The molecule has 1 aliphatic carbocycles. The van der Waals surface area contributed by atoms with Crippen LogP contribution < -0.4 is 0 Å². The maximum absolute atomic E-state index is 2.40. The Bertz CT molecular complexity index is 219. The third-order valence-corrected chi connectivity index (χ3v) is 2.48. The van der Waals surface area contributed by atoms with E-state index in [1.165, 1.54) is 31.2 Å². The summed E-state index contributed by atoms with van der Waals surface area (Å²) in [5, 5.41) is 0. The predicted molar refractivity (Wildman–Crippen MR) is 51.6 cm³/mol. The molecule has 0 unspecified atom stereocenters. The molecule has 0 N–H and O–H groups in total. The first kappa shape index (κ1) is 7.85. The van der Waals surface area contributed by atoms with E-state index in [0.717, 1.165) is 0 Å². The number of rotatable bonds is 1. The Hall–Kier alpha value is -0.780. The summed E-state index contributed by atoms with van der Waals surface area (Å²) in [6, 6.07) is 10.8. The summed E-state index contributed by atoms with van der Waals surface area (Å²) in [5.41, 5.74) is 1.45. The first-order chi connectivity index (χ1) is 5.97. The minimum atomic E-state index is 1.27. The van der Waals surface area contributed by atoms with E-state index < -0.39 is 0 Å². The maximum Gasteiger partial charge on any atom is 0.00500 e. The molecule has 1 saturated carbocycles. The topological polar surface area (TPSA) is 0 Å². The van der Waals surface area contributed by atoms with Crippen LogP contribution in [0.2, 0.25) is 0 Å². The van der Waals surface area contributed by atoms with Gasteiger partial charge in [-0.25, -0.2) is 0 Å². The highest BCUT2D eigenvalue weighted by molar-refractivity contribution is 5.31. The van der Waals surface area contributed by atoms with E-state index in [-0.39, 0.29) is 0 Å². The molecule has 0 heterocycles. The van der Waals surface area contributed by atoms with Gasteiger partial charge in [0.05, 0.1) is 0 Å². The lowest BCUT2D eigenvalue weighted by Gasteiger charge is -2.20. The molecule has 12 heavy (non-hydrogen) atoms. The Morgan fingerprint density at radius 1 is 0.833 bits per heavy atom. The molecule has 2 radical (unpaired) electrons. The number of hydrogen-bond acceptors (Lipinski definition) is 0. The Morgan fingerprint density at radius 3 is 2.17 bits per heavy atom. The number of benzene rings is 1. The van der Waals surface area contributed by atoms with Crippen molar-refractivity contribution in [2.45, 2.75) is 25.7 Å². The second-order valence-corrected chi connectivity index (χ2v) is 3.34. The molecular weight excluding hydrogens is 144 g/mol. The van der Waals surface area contributed by atoms with E-state index in [2.05, 4.69) is 36.8 Å². The third-order valence-electron chi connectivity index (χ3n) is 2.48. The van der Waals surface area contributed by atoms with Crippen molar-refractivity contribution < 1.29 is 0 Å². The highest BCUT2D eigenvalue weighted by Crippen LogP contribution is 2.30. The molecule has 0 aromatic heterocycles. The largest absolute Gasteiger partial charge is 0.0622 e. The molecule has 1 fully saturated rings.